The van der Waals surface area contributed by atoms with Gasteiger partial charge in [0.25, 0.3) is 5.56 Å². The minimum atomic E-state index is -4.51. The van der Waals surface area contributed by atoms with Gasteiger partial charge in [-0.05, 0) is 37.3 Å². The first-order valence-electron chi connectivity index (χ1n) is 7.23. The van der Waals surface area contributed by atoms with Crippen LogP contribution in [-0.4, -0.2) is 9.38 Å². The molecule has 0 atom stereocenters. The van der Waals surface area contributed by atoms with Crippen molar-refractivity contribution in [2.24, 2.45) is 0 Å². The van der Waals surface area contributed by atoms with Crippen molar-refractivity contribution in [2.45, 2.75) is 23.7 Å². The lowest BCUT2D eigenvalue weighted by atomic mass is 10.2. The van der Waals surface area contributed by atoms with Crippen LogP contribution in [0.1, 0.15) is 17.0 Å². The summed E-state index contributed by atoms with van der Waals surface area (Å²) in [6.07, 6.45) is -4.51. The average Bonchev–Trinajstić information content (AvgIpc) is 2.52. The number of nitrogens with zero attached hydrogens (tertiary/aromatic N) is 2. The first-order valence-corrected chi connectivity index (χ1v) is 8.60. The van der Waals surface area contributed by atoms with Gasteiger partial charge in [0.15, 0.2) is 0 Å². The molecule has 8 heteroatoms. The molecule has 3 aromatic rings. The van der Waals surface area contributed by atoms with E-state index in [0.29, 0.717) is 16.2 Å². The summed E-state index contributed by atoms with van der Waals surface area (Å²) in [5.41, 5.74) is 0.688. The van der Waals surface area contributed by atoms with Crippen molar-refractivity contribution in [3.8, 4) is 0 Å². The standard InChI is InChI=1S/C17H12ClF3N2OS/c1-10-3-2-4-15-22-11(7-16(24)23(10)15)9-25-12-5-6-14(18)13(8-12)17(19,20)21/h2-8H,9H2,1H3. The predicted molar refractivity (Wildman–Crippen MR) is 92.2 cm³/mol. The molecule has 0 spiro atoms. The molecule has 2 heterocycles. The van der Waals surface area contributed by atoms with Crippen LogP contribution in [0.3, 0.4) is 0 Å². The molecule has 0 bridgehead atoms. The fourth-order valence-electron chi connectivity index (χ4n) is 2.41. The van der Waals surface area contributed by atoms with Crippen LogP contribution in [-0.2, 0) is 11.9 Å². The van der Waals surface area contributed by atoms with Gasteiger partial charge in [-0.2, -0.15) is 13.2 Å². The van der Waals surface area contributed by atoms with E-state index in [2.05, 4.69) is 4.98 Å². The summed E-state index contributed by atoms with van der Waals surface area (Å²) >= 11 is 6.78. The van der Waals surface area contributed by atoms with Crippen LogP contribution in [0.5, 0.6) is 0 Å². The summed E-state index contributed by atoms with van der Waals surface area (Å²) in [6.45, 7) is 1.80. The zero-order valence-electron chi connectivity index (χ0n) is 13.0. The highest BCUT2D eigenvalue weighted by atomic mass is 35.5. The number of alkyl halides is 3. The van der Waals surface area contributed by atoms with Gasteiger partial charge in [0, 0.05) is 22.4 Å². The van der Waals surface area contributed by atoms with Crippen LogP contribution in [0.2, 0.25) is 5.02 Å². The fourth-order valence-corrected chi connectivity index (χ4v) is 3.46. The van der Waals surface area contributed by atoms with Crippen molar-refractivity contribution in [3.63, 3.8) is 0 Å². The average molecular weight is 385 g/mol. The van der Waals surface area contributed by atoms with Gasteiger partial charge < -0.3 is 0 Å². The Morgan fingerprint density at radius 3 is 2.68 bits per heavy atom. The number of halogens is 4. The SMILES string of the molecule is Cc1cccc2nc(CSc3ccc(Cl)c(C(F)(F)F)c3)cc(=O)n12. The van der Waals surface area contributed by atoms with E-state index in [1.54, 1.807) is 25.1 Å². The monoisotopic (exact) mass is 384 g/mol. The lowest BCUT2D eigenvalue weighted by molar-refractivity contribution is -0.137. The number of aryl methyl sites for hydroxylation is 1. The lowest BCUT2D eigenvalue weighted by Gasteiger charge is -2.11. The van der Waals surface area contributed by atoms with Crippen LogP contribution in [0, 0.1) is 6.92 Å². The Hall–Kier alpha value is -1.99. The van der Waals surface area contributed by atoms with Gasteiger partial charge in [-0.3, -0.25) is 9.20 Å². The van der Waals surface area contributed by atoms with Gasteiger partial charge in [0.05, 0.1) is 16.3 Å². The minimum Gasteiger partial charge on any atom is -0.269 e. The molecular formula is C17H12ClF3N2OS. The predicted octanol–water partition coefficient (Wildman–Crippen LogP) is 4.97. The molecule has 130 valence electrons. The summed E-state index contributed by atoms with van der Waals surface area (Å²) in [7, 11) is 0. The molecule has 0 aliphatic carbocycles. The summed E-state index contributed by atoms with van der Waals surface area (Å²) < 4.78 is 40.2. The number of pyridine rings is 1. The van der Waals surface area contributed by atoms with Crippen LogP contribution in [0.25, 0.3) is 5.65 Å². The quantitative estimate of drug-likeness (QED) is 0.598. The highest BCUT2D eigenvalue weighted by Crippen LogP contribution is 2.37. The Kier molecular flexibility index (Phi) is 4.79. The molecule has 0 N–H and O–H groups in total. The first-order chi connectivity index (χ1) is 11.8. The second-order valence-electron chi connectivity index (χ2n) is 5.37. The van der Waals surface area contributed by atoms with Crippen LogP contribution in [0.15, 0.2) is 52.2 Å². The molecule has 0 amide bonds. The van der Waals surface area contributed by atoms with E-state index in [9.17, 15) is 18.0 Å². The number of thioether (sulfide) groups is 1. The number of aromatic nitrogens is 2. The maximum atomic E-state index is 12.9. The molecule has 0 aliphatic rings. The molecule has 25 heavy (non-hydrogen) atoms. The Labute approximate surface area is 150 Å². The Balaban J connectivity index is 1.87. The van der Waals surface area contributed by atoms with E-state index in [1.165, 1.54) is 22.6 Å². The molecule has 0 saturated heterocycles. The minimum absolute atomic E-state index is 0.217. The number of hydrogen-bond donors (Lipinski definition) is 0. The van der Waals surface area contributed by atoms with Crippen LogP contribution >= 0.6 is 23.4 Å². The topological polar surface area (TPSA) is 34.4 Å². The van der Waals surface area contributed by atoms with Crippen molar-refractivity contribution in [2.75, 3.05) is 0 Å². The van der Waals surface area contributed by atoms with Gasteiger partial charge in [-0.25, -0.2) is 4.98 Å². The van der Waals surface area contributed by atoms with Crippen LogP contribution < -0.4 is 5.56 Å². The molecule has 0 saturated carbocycles. The number of fused-ring (bicyclic) bond motifs is 1. The van der Waals surface area contributed by atoms with E-state index in [1.807, 2.05) is 0 Å². The normalized spacial score (nSPS) is 11.9. The summed E-state index contributed by atoms with van der Waals surface area (Å²) in [5.74, 6) is 0.276. The second kappa shape index (κ2) is 6.72. The number of rotatable bonds is 3. The molecule has 1 aromatic carbocycles. The summed E-state index contributed by atoms with van der Waals surface area (Å²) in [5, 5.41) is -0.339. The van der Waals surface area contributed by atoms with Crippen molar-refractivity contribution in [3.05, 3.63) is 74.8 Å². The van der Waals surface area contributed by atoms with E-state index in [0.717, 1.165) is 23.5 Å². The van der Waals surface area contributed by atoms with E-state index < -0.39 is 11.7 Å². The van der Waals surface area contributed by atoms with Gasteiger partial charge in [0.1, 0.15) is 5.65 Å². The molecule has 0 unspecified atom stereocenters. The fraction of sp³-hybridized carbons (Fsp3) is 0.176. The molecule has 0 fully saturated rings. The lowest BCUT2D eigenvalue weighted by Crippen LogP contribution is -2.17. The van der Waals surface area contributed by atoms with E-state index >= 15 is 0 Å². The first kappa shape index (κ1) is 17.8. The van der Waals surface area contributed by atoms with Crippen molar-refractivity contribution in [1.29, 1.82) is 0 Å². The zero-order chi connectivity index (χ0) is 18.2. The third-order valence-electron chi connectivity index (χ3n) is 3.56. The Morgan fingerprint density at radius 2 is 1.96 bits per heavy atom. The number of hydrogen-bond acceptors (Lipinski definition) is 3. The third kappa shape index (κ3) is 3.82. The summed E-state index contributed by atoms with van der Waals surface area (Å²) in [6, 6.07) is 10.4. The van der Waals surface area contributed by atoms with Gasteiger partial charge >= 0.3 is 6.18 Å². The highest BCUT2D eigenvalue weighted by molar-refractivity contribution is 7.98. The van der Waals surface area contributed by atoms with Crippen LogP contribution in [0.4, 0.5) is 13.2 Å². The molecule has 0 radical (unpaired) electrons. The van der Waals surface area contributed by atoms with Crippen molar-refractivity contribution < 1.29 is 13.2 Å². The van der Waals surface area contributed by atoms with E-state index in [-0.39, 0.29) is 16.3 Å². The highest BCUT2D eigenvalue weighted by Gasteiger charge is 2.33. The maximum absolute atomic E-state index is 12.9. The van der Waals surface area contributed by atoms with Gasteiger partial charge in [0.2, 0.25) is 0 Å². The van der Waals surface area contributed by atoms with Crippen molar-refractivity contribution >= 4 is 29.0 Å². The molecule has 0 aliphatic heterocycles. The second-order valence-corrected chi connectivity index (χ2v) is 6.83. The molecular weight excluding hydrogens is 373 g/mol. The largest absolute Gasteiger partial charge is 0.417 e. The van der Waals surface area contributed by atoms with Gasteiger partial charge in [-0.1, -0.05) is 17.7 Å². The Morgan fingerprint density at radius 1 is 1.20 bits per heavy atom. The third-order valence-corrected chi connectivity index (χ3v) is 4.92. The maximum Gasteiger partial charge on any atom is 0.417 e. The Bertz CT molecular complexity index is 1000. The molecule has 3 nitrogen and oxygen atoms in total. The molecule has 2 aromatic heterocycles. The summed E-state index contributed by atoms with van der Waals surface area (Å²) in [4.78, 5) is 17.0. The zero-order valence-corrected chi connectivity index (χ0v) is 14.5. The smallest absolute Gasteiger partial charge is 0.269 e. The van der Waals surface area contributed by atoms with Crippen molar-refractivity contribution in [1.82, 2.24) is 9.38 Å². The number of benzene rings is 1. The van der Waals surface area contributed by atoms with E-state index in [4.69, 9.17) is 11.6 Å². The molecule has 3 rings (SSSR count). The van der Waals surface area contributed by atoms with Gasteiger partial charge in [-0.15, -0.1) is 11.8 Å².